The SMILES string of the molecule is COCCOCCOCCOCC(=O)OC(C)C(CN[C@]12CC[C@@H](C3(C)CC3)[C@@H]1[C@H]1CC[C@@H]3[C@@]4(C)CC[C@H](OC(=O)CC(C)(C)C(=O)O)C(C)(C)[C@@H]4CC[C@@]3(C)[C@]1(C)CC2)N1CCS(=O)(=O)CC1. The molecule has 1 aliphatic heterocycles. The van der Waals surface area contributed by atoms with Crippen LogP contribution < -0.4 is 5.32 Å². The number of carboxylic acids is 1. The molecule has 0 aromatic rings. The smallest absolute Gasteiger partial charge is 0.332 e. The van der Waals surface area contributed by atoms with Crippen molar-refractivity contribution in [1.82, 2.24) is 10.2 Å². The van der Waals surface area contributed by atoms with Crippen molar-refractivity contribution in [3.63, 3.8) is 0 Å². The normalized spacial score (nSPS) is 37.9. The van der Waals surface area contributed by atoms with Gasteiger partial charge in [-0.15, -0.1) is 0 Å². The number of aliphatic carboxylic acids is 1. The number of carboxylic acid groups (broad SMARTS) is 1. The molecule has 14 nitrogen and oxygen atoms in total. The molecule has 15 heteroatoms. The second kappa shape index (κ2) is 20.6. The van der Waals surface area contributed by atoms with Crippen molar-refractivity contribution >= 4 is 27.7 Å². The number of fused-ring (bicyclic) bond motifs is 7. The number of ether oxygens (including phenoxy) is 6. The number of nitrogens with one attached hydrogen (secondary N) is 1. The zero-order valence-electron chi connectivity index (χ0n) is 43.6. The van der Waals surface area contributed by atoms with E-state index in [4.69, 9.17) is 28.4 Å². The largest absolute Gasteiger partial charge is 0.481 e. The average molecular weight is 979 g/mol. The Bertz CT molecular complexity index is 1890. The summed E-state index contributed by atoms with van der Waals surface area (Å²) < 4.78 is 59.3. The number of rotatable bonds is 22. The van der Waals surface area contributed by atoms with Crippen LogP contribution in [0.4, 0.5) is 0 Å². The monoisotopic (exact) mass is 979 g/mol. The predicted octanol–water partition coefficient (Wildman–Crippen LogP) is 7.35. The van der Waals surface area contributed by atoms with Crippen LogP contribution in [0.5, 0.6) is 0 Å². The van der Waals surface area contributed by atoms with Gasteiger partial charge in [0.1, 0.15) is 18.8 Å². The van der Waals surface area contributed by atoms with Gasteiger partial charge in [-0.1, -0.05) is 41.5 Å². The molecule has 68 heavy (non-hydrogen) atoms. The minimum atomic E-state index is -3.12. The first kappa shape index (κ1) is 53.9. The summed E-state index contributed by atoms with van der Waals surface area (Å²) in [5.74, 6) is 1.04. The van der Waals surface area contributed by atoms with E-state index >= 15 is 0 Å². The second-order valence-electron chi connectivity index (χ2n) is 25.0. The van der Waals surface area contributed by atoms with Gasteiger partial charge < -0.3 is 38.8 Å². The van der Waals surface area contributed by atoms with Gasteiger partial charge in [0.2, 0.25) is 0 Å². The maximum atomic E-state index is 13.3. The lowest BCUT2D eigenvalue weighted by Crippen LogP contribution is -2.69. The second-order valence-corrected chi connectivity index (χ2v) is 27.3. The molecule has 0 bridgehead atoms. The first-order chi connectivity index (χ1) is 31.9. The van der Waals surface area contributed by atoms with Crippen LogP contribution in [0.2, 0.25) is 0 Å². The summed E-state index contributed by atoms with van der Waals surface area (Å²) in [5, 5.41) is 14.0. The highest BCUT2D eigenvalue weighted by molar-refractivity contribution is 7.91. The number of nitrogens with zero attached hydrogens (tertiary/aromatic N) is 1. The van der Waals surface area contributed by atoms with Crippen molar-refractivity contribution in [2.45, 2.75) is 170 Å². The highest BCUT2D eigenvalue weighted by Gasteiger charge is 2.72. The third-order valence-electron chi connectivity index (χ3n) is 20.5. The molecule has 1 heterocycles. The molecule has 390 valence electrons. The zero-order chi connectivity index (χ0) is 49.6. The van der Waals surface area contributed by atoms with Gasteiger partial charge >= 0.3 is 17.9 Å². The van der Waals surface area contributed by atoms with E-state index in [0.29, 0.717) is 87.7 Å². The summed E-state index contributed by atoms with van der Waals surface area (Å²) in [6.07, 6.45) is 12.8. The van der Waals surface area contributed by atoms with E-state index in [2.05, 4.69) is 51.8 Å². The fraction of sp³-hybridized carbons (Fsp3) is 0.943. The van der Waals surface area contributed by atoms with Gasteiger partial charge in [0.25, 0.3) is 0 Å². The summed E-state index contributed by atoms with van der Waals surface area (Å²) in [6, 6.07) is -0.195. The van der Waals surface area contributed by atoms with Crippen molar-refractivity contribution in [3.8, 4) is 0 Å². The molecule has 0 amide bonds. The summed E-state index contributed by atoms with van der Waals surface area (Å²) in [6.45, 7) is 24.0. The third kappa shape index (κ3) is 10.6. The van der Waals surface area contributed by atoms with Crippen molar-refractivity contribution in [1.29, 1.82) is 0 Å². The van der Waals surface area contributed by atoms with Crippen molar-refractivity contribution in [2.75, 3.05) is 84.5 Å². The van der Waals surface area contributed by atoms with Crippen LogP contribution in [-0.2, 0) is 52.6 Å². The molecule has 0 aromatic heterocycles. The van der Waals surface area contributed by atoms with E-state index < -0.39 is 39.3 Å². The third-order valence-corrected chi connectivity index (χ3v) is 22.1. The Balaban J connectivity index is 1.05. The van der Waals surface area contributed by atoms with Gasteiger partial charge in [0, 0.05) is 37.7 Å². The number of hydrogen-bond acceptors (Lipinski definition) is 13. The maximum absolute atomic E-state index is 13.3. The Hall–Kier alpha value is -1.88. The highest BCUT2D eigenvalue weighted by Crippen LogP contribution is 2.78. The Morgan fingerprint density at radius 2 is 1.38 bits per heavy atom. The first-order valence-electron chi connectivity index (χ1n) is 26.4. The standard InChI is InChI=1S/C53H90N2O12S/c1-36(66-44(57)35-65-30-29-64-28-27-63-26-25-62-10)39(55-23-31-68(60,61)32-24-55)34-54-53-18-13-37(49(6)19-20-49)45(53)38-11-12-41-50(7)16-15-42(67-43(56)33-47(2,3)46(58)59)48(4,5)40(50)14-17-52(41,9)51(38,8)21-22-53/h36-42,45,54H,11-35H2,1-10H3,(H,58,59)/t36?,37-,38-,39?,40+,41-,42+,45-,50+,51-,52-,53+/m1/s1. The zero-order valence-corrected chi connectivity index (χ0v) is 44.4. The van der Waals surface area contributed by atoms with Crippen LogP contribution in [0.25, 0.3) is 0 Å². The summed E-state index contributed by atoms with van der Waals surface area (Å²) in [7, 11) is -1.49. The number of methoxy groups -OCH3 is 1. The lowest BCUT2D eigenvalue weighted by molar-refractivity contribution is -0.248. The molecule has 7 aliphatic rings. The van der Waals surface area contributed by atoms with Crippen molar-refractivity contribution in [3.05, 3.63) is 0 Å². The fourth-order valence-electron chi connectivity index (χ4n) is 16.1. The lowest BCUT2D eigenvalue weighted by Gasteiger charge is -2.73. The van der Waals surface area contributed by atoms with Gasteiger partial charge in [0.15, 0.2) is 9.84 Å². The van der Waals surface area contributed by atoms with Crippen LogP contribution in [0.15, 0.2) is 0 Å². The minimum Gasteiger partial charge on any atom is -0.481 e. The average Bonchev–Trinajstić information content (AvgIpc) is 3.89. The Morgan fingerprint density at radius 1 is 0.735 bits per heavy atom. The lowest BCUT2D eigenvalue weighted by atomic mass is 9.32. The van der Waals surface area contributed by atoms with Crippen LogP contribution in [0.3, 0.4) is 0 Å². The molecule has 2 unspecified atom stereocenters. The Labute approximate surface area is 409 Å². The van der Waals surface area contributed by atoms with E-state index in [9.17, 15) is 27.9 Å². The molecule has 12 atom stereocenters. The quantitative estimate of drug-likeness (QED) is 0.0814. The topological polar surface area (TPSA) is 176 Å². The number of esters is 2. The molecule has 7 rings (SSSR count). The molecule has 1 saturated heterocycles. The Morgan fingerprint density at radius 3 is 2.01 bits per heavy atom. The minimum absolute atomic E-state index is 0.0500. The van der Waals surface area contributed by atoms with Gasteiger partial charge in [-0.25, -0.2) is 13.2 Å². The van der Waals surface area contributed by atoms with E-state index in [1.807, 2.05) is 6.92 Å². The molecule has 0 spiro atoms. The van der Waals surface area contributed by atoms with Crippen molar-refractivity contribution in [2.24, 2.45) is 62.1 Å². The molecular formula is C53H90N2O12S. The highest BCUT2D eigenvalue weighted by atomic mass is 32.2. The van der Waals surface area contributed by atoms with Crippen LogP contribution in [0, 0.1) is 62.1 Å². The molecule has 7 fully saturated rings. The summed E-state index contributed by atoms with van der Waals surface area (Å²) in [5.41, 5.74) is -0.706. The number of carbonyl (C=O) groups excluding carboxylic acids is 2. The molecule has 0 radical (unpaired) electrons. The fourth-order valence-corrected chi connectivity index (χ4v) is 17.3. The molecule has 2 N–H and O–H groups in total. The molecule has 6 aliphatic carbocycles. The van der Waals surface area contributed by atoms with E-state index in [0.717, 1.165) is 44.9 Å². The van der Waals surface area contributed by atoms with Crippen LogP contribution in [0.1, 0.15) is 146 Å². The molecule has 6 saturated carbocycles. The summed E-state index contributed by atoms with van der Waals surface area (Å²) >= 11 is 0. The number of hydrogen-bond donors (Lipinski definition) is 2. The van der Waals surface area contributed by atoms with Crippen LogP contribution >= 0.6 is 0 Å². The maximum Gasteiger partial charge on any atom is 0.332 e. The van der Waals surface area contributed by atoms with Gasteiger partial charge in [0.05, 0.1) is 69.0 Å². The number of carbonyl (C=O) groups is 3. The van der Waals surface area contributed by atoms with Gasteiger partial charge in [-0.3, -0.25) is 14.5 Å². The van der Waals surface area contributed by atoms with Gasteiger partial charge in [-0.2, -0.15) is 0 Å². The predicted molar refractivity (Wildman–Crippen MR) is 260 cm³/mol. The van der Waals surface area contributed by atoms with E-state index in [-0.39, 0.29) is 70.5 Å². The number of sulfone groups is 1. The Kier molecular flexibility index (Phi) is 16.3. The van der Waals surface area contributed by atoms with E-state index in [1.54, 1.807) is 21.0 Å². The van der Waals surface area contributed by atoms with Gasteiger partial charge in [-0.05, 0) is 149 Å². The van der Waals surface area contributed by atoms with E-state index in [1.165, 1.54) is 32.1 Å². The van der Waals surface area contributed by atoms with Crippen LogP contribution in [-0.4, -0.2) is 145 Å². The molecule has 0 aromatic carbocycles. The van der Waals surface area contributed by atoms with Crippen molar-refractivity contribution < 1.29 is 56.3 Å². The molecular weight excluding hydrogens is 889 g/mol. The summed E-state index contributed by atoms with van der Waals surface area (Å²) in [4.78, 5) is 40.6. The first-order valence-corrected chi connectivity index (χ1v) is 28.2.